The van der Waals surface area contributed by atoms with Gasteiger partial charge in [-0.15, -0.1) is 0 Å². The summed E-state index contributed by atoms with van der Waals surface area (Å²) < 4.78 is 38.1. The van der Waals surface area contributed by atoms with Crippen molar-refractivity contribution in [3.8, 4) is 0 Å². The first-order valence-corrected chi connectivity index (χ1v) is 6.48. The number of halogens is 3. The number of nitrogens with zero attached hydrogens (tertiary/aromatic N) is 1. The van der Waals surface area contributed by atoms with Crippen molar-refractivity contribution in [3.05, 3.63) is 0 Å². The van der Waals surface area contributed by atoms with Gasteiger partial charge in [0.2, 0.25) is 0 Å². The van der Waals surface area contributed by atoms with Gasteiger partial charge in [0.05, 0.1) is 5.92 Å². The van der Waals surface area contributed by atoms with Gasteiger partial charge in [-0.1, -0.05) is 6.92 Å². The Hall–Kier alpha value is -0.290. The number of rotatable bonds is 1. The van der Waals surface area contributed by atoms with E-state index in [4.69, 9.17) is 0 Å². The quantitative estimate of drug-likeness (QED) is 0.768. The number of piperidine rings is 2. The van der Waals surface area contributed by atoms with Crippen molar-refractivity contribution in [1.29, 1.82) is 0 Å². The van der Waals surface area contributed by atoms with Crippen LogP contribution >= 0.6 is 0 Å². The lowest BCUT2D eigenvalue weighted by Crippen LogP contribution is -2.53. The molecule has 0 aromatic heterocycles. The number of alkyl halides is 3. The van der Waals surface area contributed by atoms with E-state index in [2.05, 4.69) is 12.2 Å². The summed E-state index contributed by atoms with van der Waals surface area (Å²) in [6.45, 7) is 5.01. The topological polar surface area (TPSA) is 15.3 Å². The van der Waals surface area contributed by atoms with Crippen LogP contribution in [0.4, 0.5) is 13.2 Å². The second kappa shape index (κ2) is 5.14. The van der Waals surface area contributed by atoms with Gasteiger partial charge in [0, 0.05) is 19.1 Å². The van der Waals surface area contributed by atoms with Gasteiger partial charge >= 0.3 is 6.18 Å². The van der Waals surface area contributed by atoms with Crippen LogP contribution in [-0.2, 0) is 0 Å². The highest BCUT2D eigenvalue weighted by Gasteiger charge is 2.43. The Kier molecular flexibility index (Phi) is 3.98. The molecule has 0 radical (unpaired) electrons. The zero-order valence-electron chi connectivity index (χ0n) is 10.3. The molecule has 0 spiro atoms. The molecule has 0 amide bonds. The molecule has 100 valence electrons. The Labute approximate surface area is 101 Å². The molecule has 3 atom stereocenters. The summed E-state index contributed by atoms with van der Waals surface area (Å²) in [5, 5.41) is 3.31. The molecule has 2 saturated heterocycles. The fourth-order valence-electron chi connectivity index (χ4n) is 3.01. The fourth-order valence-corrected chi connectivity index (χ4v) is 3.01. The molecule has 3 unspecified atom stereocenters. The molecule has 2 fully saturated rings. The van der Waals surface area contributed by atoms with Crippen molar-refractivity contribution < 1.29 is 13.2 Å². The average Bonchev–Trinajstić information content (AvgIpc) is 2.28. The molecular weight excluding hydrogens is 229 g/mol. The lowest BCUT2D eigenvalue weighted by atomic mass is 9.91. The van der Waals surface area contributed by atoms with E-state index in [1.165, 1.54) is 0 Å². The summed E-state index contributed by atoms with van der Waals surface area (Å²) in [4.78, 5) is 2.05. The molecule has 0 aromatic carbocycles. The van der Waals surface area contributed by atoms with Gasteiger partial charge in [-0.05, 0) is 38.3 Å². The van der Waals surface area contributed by atoms with E-state index in [0.717, 1.165) is 26.1 Å². The molecule has 2 nitrogen and oxygen atoms in total. The Morgan fingerprint density at radius 2 is 2.00 bits per heavy atom. The summed E-state index contributed by atoms with van der Waals surface area (Å²) in [7, 11) is 0. The SMILES string of the molecule is CC1CNCC(N2CCCC(C(F)(F)F)C2)C1. The molecule has 2 aliphatic rings. The maximum atomic E-state index is 12.7. The lowest BCUT2D eigenvalue weighted by Gasteiger charge is -2.41. The Morgan fingerprint density at radius 3 is 2.65 bits per heavy atom. The first-order valence-electron chi connectivity index (χ1n) is 6.48. The molecule has 0 bridgehead atoms. The van der Waals surface area contributed by atoms with E-state index in [9.17, 15) is 13.2 Å². The summed E-state index contributed by atoms with van der Waals surface area (Å²) in [6.07, 6.45) is -2.02. The zero-order chi connectivity index (χ0) is 12.5. The zero-order valence-corrected chi connectivity index (χ0v) is 10.3. The minimum absolute atomic E-state index is 0.197. The Balaban J connectivity index is 1.92. The van der Waals surface area contributed by atoms with Gasteiger partial charge in [-0.25, -0.2) is 0 Å². The molecule has 0 aliphatic carbocycles. The Bertz CT molecular complexity index is 255. The third kappa shape index (κ3) is 3.35. The van der Waals surface area contributed by atoms with E-state index >= 15 is 0 Å². The summed E-state index contributed by atoms with van der Waals surface area (Å²) in [5.41, 5.74) is 0. The van der Waals surface area contributed by atoms with Crippen LogP contribution < -0.4 is 5.32 Å². The van der Waals surface area contributed by atoms with Gasteiger partial charge in [-0.2, -0.15) is 13.2 Å². The largest absolute Gasteiger partial charge is 0.393 e. The maximum Gasteiger partial charge on any atom is 0.393 e. The standard InChI is InChI=1S/C12H21F3N2/c1-9-5-11(7-16-6-9)17-4-2-3-10(8-17)12(13,14)15/h9-11,16H,2-8H2,1H3. The van der Waals surface area contributed by atoms with Crippen LogP contribution in [0, 0.1) is 11.8 Å². The van der Waals surface area contributed by atoms with Crippen LogP contribution in [-0.4, -0.2) is 43.3 Å². The van der Waals surface area contributed by atoms with Crippen LogP contribution in [0.5, 0.6) is 0 Å². The normalized spacial score (nSPS) is 37.1. The first kappa shape index (κ1) is 13.1. The molecule has 2 aliphatic heterocycles. The predicted octanol–water partition coefficient (Wildman–Crippen LogP) is 2.26. The minimum atomic E-state index is -4.02. The number of likely N-dealkylation sites (tertiary alicyclic amines) is 1. The van der Waals surface area contributed by atoms with Crippen LogP contribution in [0.1, 0.15) is 26.2 Å². The molecule has 0 saturated carbocycles. The maximum absolute atomic E-state index is 12.7. The van der Waals surface area contributed by atoms with Gasteiger partial charge in [0.25, 0.3) is 0 Å². The number of hydrogen-bond acceptors (Lipinski definition) is 2. The average molecular weight is 250 g/mol. The molecule has 2 heterocycles. The van der Waals surface area contributed by atoms with Gasteiger partial charge in [0.15, 0.2) is 0 Å². The van der Waals surface area contributed by atoms with E-state index < -0.39 is 12.1 Å². The third-order valence-corrected chi connectivity index (χ3v) is 3.98. The molecule has 0 aromatic rings. The molecule has 17 heavy (non-hydrogen) atoms. The second-order valence-corrected chi connectivity index (χ2v) is 5.53. The van der Waals surface area contributed by atoms with Crippen molar-refractivity contribution in [1.82, 2.24) is 10.2 Å². The molecule has 5 heteroatoms. The van der Waals surface area contributed by atoms with Crippen LogP contribution in [0.15, 0.2) is 0 Å². The van der Waals surface area contributed by atoms with Crippen LogP contribution in [0.3, 0.4) is 0 Å². The van der Waals surface area contributed by atoms with Crippen molar-refractivity contribution in [2.45, 2.75) is 38.4 Å². The Morgan fingerprint density at radius 1 is 1.24 bits per heavy atom. The van der Waals surface area contributed by atoms with Crippen molar-refractivity contribution in [2.24, 2.45) is 11.8 Å². The van der Waals surface area contributed by atoms with E-state index in [0.29, 0.717) is 24.8 Å². The fraction of sp³-hybridized carbons (Fsp3) is 1.00. The van der Waals surface area contributed by atoms with Gasteiger partial charge in [0.1, 0.15) is 0 Å². The monoisotopic (exact) mass is 250 g/mol. The van der Waals surface area contributed by atoms with Crippen molar-refractivity contribution in [3.63, 3.8) is 0 Å². The van der Waals surface area contributed by atoms with Gasteiger partial charge in [-0.3, -0.25) is 4.90 Å². The summed E-state index contributed by atoms with van der Waals surface area (Å²) in [6, 6.07) is 0.295. The van der Waals surface area contributed by atoms with E-state index in [1.54, 1.807) is 0 Å². The van der Waals surface area contributed by atoms with Crippen molar-refractivity contribution in [2.75, 3.05) is 26.2 Å². The first-order chi connectivity index (χ1) is 7.97. The minimum Gasteiger partial charge on any atom is -0.315 e. The smallest absolute Gasteiger partial charge is 0.315 e. The van der Waals surface area contributed by atoms with E-state index in [1.807, 2.05) is 4.90 Å². The highest BCUT2D eigenvalue weighted by molar-refractivity contribution is 4.86. The highest BCUT2D eigenvalue weighted by atomic mass is 19.4. The number of nitrogens with one attached hydrogen (secondary N) is 1. The van der Waals surface area contributed by atoms with Crippen molar-refractivity contribution >= 4 is 0 Å². The van der Waals surface area contributed by atoms with Gasteiger partial charge < -0.3 is 5.32 Å². The lowest BCUT2D eigenvalue weighted by molar-refractivity contribution is -0.189. The van der Waals surface area contributed by atoms with Crippen LogP contribution in [0.2, 0.25) is 0 Å². The molecular formula is C12H21F3N2. The summed E-state index contributed by atoms with van der Waals surface area (Å²) in [5.74, 6) is -0.548. The molecule has 2 rings (SSSR count). The van der Waals surface area contributed by atoms with Crippen LogP contribution in [0.25, 0.3) is 0 Å². The highest BCUT2D eigenvalue weighted by Crippen LogP contribution is 2.34. The second-order valence-electron chi connectivity index (χ2n) is 5.53. The summed E-state index contributed by atoms with van der Waals surface area (Å²) >= 11 is 0. The molecule has 1 N–H and O–H groups in total. The number of hydrogen-bond donors (Lipinski definition) is 1. The predicted molar refractivity (Wildman–Crippen MR) is 60.8 cm³/mol. The van der Waals surface area contributed by atoms with E-state index in [-0.39, 0.29) is 6.54 Å². The third-order valence-electron chi connectivity index (χ3n) is 3.98.